The smallest absolute Gasteiger partial charge is 0.255 e. The maximum Gasteiger partial charge on any atom is 0.255 e. The standard InChI is InChI=1S/C12H11F2NO3/c13-9-3-10(18-5-11(15)17)12(14)8-2-6(4-16)1-7(8)9/h3-4,6H,1-2,5H2,(H2,15,17). The first-order chi connectivity index (χ1) is 8.52. The van der Waals surface area contributed by atoms with Gasteiger partial charge in [0, 0.05) is 12.0 Å². The summed E-state index contributed by atoms with van der Waals surface area (Å²) >= 11 is 0. The van der Waals surface area contributed by atoms with Gasteiger partial charge in [-0.3, -0.25) is 4.79 Å². The molecule has 96 valence electrons. The van der Waals surface area contributed by atoms with E-state index >= 15 is 0 Å². The van der Waals surface area contributed by atoms with Gasteiger partial charge in [-0.1, -0.05) is 0 Å². The van der Waals surface area contributed by atoms with E-state index in [1.807, 2.05) is 0 Å². The van der Waals surface area contributed by atoms with Crippen LogP contribution in [0.4, 0.5) is 8.78 Å². The average molecular weight is 255 g/mol. The van der Waals surface area contributed by atoms with Gasteiger partial charge in [-0.05, 0) is 24.0 Å². The van der Waals surface area contributed by atoms with E-state index in [0.29, 0.717) is 6.29 Å². The van der Waals surface area contributed by atoms with Gasteiger partial charge in [0.25, 0.3) is 5.91 Å². The van der Waals surface area contributed by atoms with Crippen LogP contribution in [-0.4, -0.2) is 18.8 Å². The maximum absolute atomic E-state index is 14.0. The van der Waals surface area contributed by atoms with Crippen molar-refractivity contribution in [3.63, 3.8) is 0 Å². The molecule has 1 aromatic carbocycles. The Kier molecular flexibility index (Phi) is 3.27. The number of primary amides is 1. The molecule has 1 atom stereocenters. The van der Waals surface area contributed by atoms with Crippen LogP contribution in [0.2, 0.25) is 0 Å². The zero-order chi connectivity index (χ0) is 13.3. The van der Waals surface area contributed by atoms with Gasteiger partial charge < -0.3 is 15.3 Å². The van der Waals surface area contributed by atoms with E-state index in [4.69, 9.17) is 10.5 Å². The van der Waals surface area contributed by atoms with Gasteiger partial charge in [-0.15, -0.1) is 0 Å². The molecule has 0 spiro atoms. The first-order valence-electron chi connectivity index (χ1n) is 5.39. The van der Waals surface area contributed by atoms with E-state index in [2.05, 4.69) is 0 Å². The lowest BCUT2D eigenvalue weighted by Crippen LogP contribution is -2.20. The second-order valence-corrected chi connectivity index (χ2v) is 4.19. The quantitative estimate of drug-likeness (QED) is 0.807. The summed E-state index contributed by atoms with van der Waals surface area (Å²) in [6, 6.07) is 0.879. The van der Waals surface area contributed by atoms with E-state index in [-0.39, 0.29) is 29.7 Å². The Morgan fingerprint density at radius 2 is 2.11 bits per heavy atom. The van der Waals surface area contributed by atoms with Gasteiger partial charge in [-0.2, -0.15) is 0 Å². The molecule has 0 bridgehead atoms. The molecule has 6 heteroatoms. The number of hydrogen-bond acceptors (Lipinski definition) is 3. The highest BCUT2D eigenvalue weighted by Gasteiger charge is 2.29. The Bertz CT molecular complexity index is 517. The second-order valence-electron chi connectivity index (χ2n) is 4.19. The number of rotatable bonds is 4. The van der Waals surface area contributed by atoms with Gasteiger partial charge in [0.1, 0.15) is 12.1 Å². The van der Waals surface area contributed by atoms with Crippen LogP contribution in [0.3, 0.4) is 0 Å². The molecule has 0 fully saturated rings. The number of hydrogen-bond donors (Lipinski definition) is 1. The fourth-order valence-corrected chi connectivity index (χ4v) is 2.07. The van der Waals surface area contributed by atoms with Gasteiger partial charge in [0.2, 0.25) is 0 Å². The summed E-state index contributed by atoms with van der Waals surface area (Å²) in [5.41, 5.74) is 5.21. The van der Waals surface area contributed by atoms with Crippen LogP contribution in [-0.2, 0) is 22.4 Å². The van der Waals surface area contributed by atoms with Crippen molar-refractivity contribution in [1.82, 2.24) is 0 Å². The molecule has 4 nitrogen and oxygen atoms in total. The number of amides is 1. The van der Waals surface area contributed by atoms with Crippen LogP contribution >= 0.6 is 0 Å². The zero-order valence-corrected chi connectivity index (χ0v) is 9.41. The molecule has 0 aliphatic heterocycles. The van der Waals surface area contributed by atoms with Crippen LogP contribution in [0.25, 0.3) is 0 Å². The van der Waals surface area contributed by atoms with E-state index in [1.165, 1.54) is 0 Å². The third-order valence-electron chi connectivity index (χ3n) is 2.89. The molecule has 2 rings (SSSR count). The number of nitrogens with two attached hydrogens (primary N) is 1. The van der Waals surface area contributed by atoms with Gasteiger partial charge >= 0.3 is 0 Å². The maximum atomic E-state index is 14.0. The van der Waals surface area contributed by atoms with Crippen LogP contribution in [0.1, 0.15) is 11.1 Å². The first-order valence-corrected chi connectivity index (χ1v) is 5.39. The molecule has 1 unspecified atom stereocenters. The lowest BCUT2D eigenvalue weighted by atomic mass is 10.1. The van der Waals surface area contributed by atoms with E-state index < -0.39 is 30.1 Å². The summed E-state index contributed by atoms with van der Waals surface area (Å²) in [6.45, 7) is -0.522. The summed E-state index contributed by atoms with van der Waals surface area (Å²) in [5, 5.41) is 0. The van der Waals surface area contributed by atoms with Crippen LogP contribution in [0.15, 0.2) is 6.07 Å². The molecule has 0 aromatic heterocycles. The Hall–Kier alpha value is -1.98. The normalized spacial score (nSPS) is 17.3. The predicted octanol–water partition coefficient (Wildman–Crippen LogP) is 0.743. The monoisotopic (exact) mass is 255 g/mol. The largest absolute Gasteiger partial charge is 0.481 e. The summed E-state index contributed by atoms with van der Waals surface area (Å²) in [4.78, 5) is 21.2. The third kappa shape index (κ3) is 2.18. The third-order valence-corrected chi connectivity index (χ3v) is 2.89. The highest BCUT2D eigenvalue weighted by atomic mass is 19.1. The Morgan fingerprint density at radius 1 is 1.44 bits per heavy atom. The average Bonchev–Trinajstić information content (AvgIpc) is 2.76. The predicted molar refractivity (Wildman–Crippen MR) is 58.0 cm³/mol. The molecule has 0 saturated carbocycles. The van der Waals surface area contributed by atoms with E-state index in [9.17, 15) is 18.4 Å². The molecule has 1 aliphatic rings. The van der Waals surface area contributed by atoms with Crippen LogP contribution in [0.5, 0.6) is 5.75 Å². The lowest BCUT2D eigenvalue weighted by molar-refractivity contribution is -0.120. The molecule has 2 N–H and O–H groups in total. The van der Waals surface area contributed by atoms with Crippen molar-refractivity contribution in [2.24, 2.45) is 11.7 Å². The fraction of sp³-hybridized carbons (Fsp3) is 0.333. The number of carbonyl (C=O) groups excluding carboxylic acids is 2. The number of halogens is 2. The molecule has 0 radical (unpaired) electrons. The van der Waals surface area contributed by atoms with Crippen molar-refractivity contribution < 1.29 is 23.1 Å². The second kappa shape index (κ2) is 4.72. The van der Waals surface area contributed by atoms with Crippen molar-refractivity contribution in [1.29, 1.82) is 0 Å². The Labute approximate surface area is 102 Å². The SMILES string of the molecule is NC(=O)COc1cc(F)c2c(c1F)CC(C=O)C2. The molecule has 1 aromatic rings. The van der Waals surface area contributed by atoms with Crippen LogP contribution < -0.4 is 10.5 Å². The minimum absolute atomic E-state index is 0.145. The minimum atomic E-state index is -0.777. The van der Waals surface area contributed by atoms with Gasteiger partial charge in [0.05, 0.1) is 0 Å². The molecular weight excluding hydrogens is 244 g/mol. The number of ether oxygens (including phenoxy) is 1. The summed E-state index contributed by atoms with van der Waals surface area (Å²) in [7, 11) is 0. The molecule has 0 heterocycles. The van der Waals surface area contributed by atoms with Crippen molar-refractivity contribution in [2.75, 3.05) is 6.61 Å². The molecule has 1 amide bonds. The molecule has 1 aliphatic carbocycles. The van der Waals surface area contributed by atoms with Crippen LogP contribution in [0, 0.1) is 17.6 Å². The number of fused-ring (bicyclic) bond motifs is 1. The lowest BCUT2D eigenvalue weighted by Gasteiger charge is -2.09. The van der Waals surface area contributed by atoms with E-state index in [0.717, 1.165) is 6.07 Å². The van der Waals surface area contributed by atoms with Gasteiger partial charge in [0.15, 0.2) is 18.2 Å². The fourth-order valence-electron chi connectivity index (χ4n) is 2.07. The summed E-state index contributed by atoms with van der Waals surface area (Å²) < 4.78 is 32.4. The first kappa shape index (κ1) is 12.5. The van der Waals surface area contributed by atoms with Crippen molar-refractivity contribution in [2.45, 2.75) is 12.8 Å². The topological polar surface area (TPSA) is 69.4 Å². The number of aldehydes is 1. The molecule has 18 heavy (non-hydrogen) atoms. The highest BCUT2D eigenvalue weighted by Crippen LogP contribution is 2.34. The van der Waals surface area contributed by atoms with Crippen molar-refractivity contribution in [3.05, 3.63) is 28.8 Å². The highest BCUT2D eigenvalue weighted by molar-refractivity contribution is 5.75. The Balaban J connectivity index is 2.33. The Morgan fingerprint density at radius 3 is 2.72 bits per heavy atom. The van der Waals surface area contributed by atoms with Crippen molar-refractivity contribution >= 4 is 12.2 Å². The molecular formula is C12H11F2NO3. The molecule has 0 saturated heterocycles. The van der Waals surface area contributed by atoms with Gasteiger partial charge in [-0.25, -0.2) is 8.78 Å². The minimum Gasteiger partial charge on any atom is -0.481 e. The summed E-state index contributed by atoms with van der Waals surface area (Å²) in [5.74, 6) is -2.89. The van der Waals surface area contributed by atoms with Crippen molar-refractivity contribution in [3.8, 4) is 5.75 Å². The number of carbonyl (C=O) groups is 2. The zero-order valence-electron chi connectivity index (χ0n) is 9.41. The summed E-state index contributed by atoms with van der Waals surface area (Å²) in [6.07, 6.45) is 1.02. The number of benzene rings is 1. The van der Waals surface area contributed by atoms with E-state index in [1.54, 1.807) is 0 Å².